The molecule has 1 aliphatic rings. The van der Waals surface area contributed by atoms with Gasteiger partial charge in [-0.05, 0) is 12.1 Å². The largest absolute Gasteiger partial charge is 0.395 e. The second-order valence-corrected chi connectivity index (χ2v) is 4.40. The van der Waals surface area contributed by atoms with Crippen molar-refractivity contribution in [2.75, 3.05) is 32.8 Å². The number of pyridine rings is 1. The van der Waals surface area contributed by atoms with Gasteiger partial charge in [-0.15, -0.1) is 0 Å². The third-order valence-electron chi connectivity index (χ3n) is 3.25. The van der Waals surface area contributed by atoms with Crippen molar-refractivity contribution in [2.24, 2.45) is 0 Å². The standard InChI is InChI=1S/C12H16N4O2/c17-6-4-16-5-7-18-10(8-16)11-9-2-1-3-13-12(9)15-14-11/h1-3,10,17H,4-8H2,(H,13,14,15)/t10-/m0/s1. The number of hydrogen-bond donors (Lipinski definition) is 2. The number of β-amino-alcohol motifs (C(OH)–C–C–N with tert-alkyl or cyclic N) is 1. The minimum Gasteiger partial charge on any atom is -0.395 e. The first-order valence-corrected chi connectivity index (χ1v) is 6.12. The van der Waals surface area contributed by atoms with Gasteiger partial charge in [0.2, 0.25) is 0 Å². The molecule has 2 aromatic rings. The molecule has 6 heteroatoms. The molecule has 0 spiro atoms. The summed E-state index contributed by atoms with van der Waals surface area (Å²) in [5.41, 5.74) is 1.69. The van der Waals surface area contributed by atoms with E-state index in [-0.39, 0.29) is 12.7 Å². The molecule has 0 amide bonds. The second-order valence-electron chi connectivity index (χ2n) is 4.40. The van der Waals surface area contributed by atoms with Gasteiger partial charge >= 0.3 is 0 Å². The zero-order chi connectivity index (χ0) is 12.4. The van der Waals surface area contributed by atoms with Gasteiger partial charge in [0, 0.05) is 31.2 Å². The number of aliphatic hydroxyl groups is 1. The number of aromatic nitrogens is 3. The maximum absolute atomic E-state index is 8.99. The first-order valence-electron chi connectivity index (χ1n) is 6.12. The Bertz CT molecular complexity index is 526. The van der Waals surface area contributed by atoms with Gasteiger partial charge in [-0.3, -0.25) is 10.00 Å². The number of hydrogen-bond acceptors (Lipinski definition) is 5. The van der Waals surface area contributed by atoms with Crippen LogP contribution in [0.3, 0.4) is 0 Å². The predicted molar refractivity (Wildman–Crippen MR) is 66.1 cm³/mol. The summed E-state index contributed by atoms with van der Waals surface area (Å²) in [6.45, 7) is 3.17. The van der Waals surface area contributed by atoms with E-state index in [0.717, 1.165) is 29.8 Å². The quantitative estimate of drug-likeness (QED) is 0.818. The molecule has 1 saturated heterocycles. The van der Waals surface area contributed by atoms with Crippen molar-refractivity contribution in [2.45, 2.75) is 6.10 Å². The highest BCUT2D eigenvalue weighted by atomic mass is 16.5. The summed E-state index contributed by atoms with van der Waals surface area (Å²) in [5, 5.41) is 17.2. The first-order chi connectivity index (χ1) is 8.88. The molecule has 3 rings (SSSR count). The Morgan fingerprint density at radius 1 is 1.56 bits per heavy atom. The van der Waals surface area contributed by atoms with Crippen LogP contribution in [0.15, 0.2) is 18.3 Å². The maximum atomic E-state index is 8.99. The van der Waals surface area contributed by atoms with Gasteiger partial charge in [-0.25, -0.2) is 4.98 Å². The lowest BCUT2D eigenvalue weighted by atomic mass is 10.1. The van der Waals surface area contributed by atoms with E-state index in [1.54, 1.807) is 6.20 Å². The lowest BCUT2D eigenvalue weighted by Crippen LogP contribution is -2.40. The molecule has 0 radical (unpaired) electrons. The topological polar surface area (TPSA) is 74.3 Å². The molecule has 0 aliphatic carbocycles. The van der Waals surface area contributed by atoms with Gasteiger partial charge in [-0.2, -0.15) is 5.10 Å². The Morgan fingerprint density at radius 2 is 2.50 bits per heavy atom. The van der Waals surface area contributed by atoms with Crippen LogP contribution in [0.2, 0.25) is 0 Å². The number of H-pyrrole nitrogens is 1. The lowest BCUT2D eigenvalue weighted by molar-refractivity contribution is -0.0351. The molecule has 0 unspecified atom stereocenters. The Balaban J connectivity index is 1.85. The van der Waals surface area contributed by atoms with E-state index >= 15 is 0 Å². The van der Waals surface area contributed by atoms with E-state index in [1.165, 1.54) is 0 Å². The zero-order valence-corrected chi connectivity index (χ0v) is 10.0. The molecule has 2 aromatic heterocycles. The molecule has 2 N–H and O–H groups in total. The third kappa shape index (κ3) is 2.10. The van der Waals surface area contributed by atoms with E-state index in [1.807, 2.05) is 12.1 Å². The fraction of sp³-hybridized carbons (Fsp3) is 0.500. The Hall–Kier alpha value is -1.50. The van der Waals surface area contributed by atoms with Crippen LogP contribution in [0.25, 0.3) is 11.0 Å². The molecule has 0 aromatic carbocycles. The van der Waals surface area contributed by atoms with Gasteiger partial charge in [-0.1, -0.05) is 0 Å². The van der Waals surface area contributed by atoms with Crippen molar-refractivity contribution in [1.82, 2.24) is 20.1 Å². The van der Waals surface area contributed by atoms with Crippen LogP contribution < -0.4 is 0 Å². The van der Waals surface area contributed by atoms with Crippen LogP contribution in [0.5, 0.6) is 0 Å². The highest BCUT2D eigenvalue weighted by Gasteiger charge is 2.24. The van der Waals surface area contributed by atoms with E-state index in [2.05, 4.69) is 20.1 Å². The molecule has 0 saturated carbocycles. The number of rotatable bonds is 3. The molecule has 18 heavy (non-hydrogen) atoms. The van der Waals surface area contributed by atoms with Crippen molar-refractivity contribution in [3.05, 3.63) is 24.0 Å². The van der Waals surface area contributed by atoms with E-state index in [0.29, 0.717) is 13.2 Å². The Kier molecular flexibility index (Phi) is 3.22. The van der Waals surface area contributed by atoms with Crippen molar-refractivity contribution in [1.29, 1.82) is 0 Å². The maximum Gasteiger partial charge on any atom is 0.181 e. The molecule has 1 atom stereocenters. The summed E-state index contributed by atoms with van der Waals surface area (Å²) in [4.78, 5) is 6.39. The summed E-state index contributed by atoms with van der Waals surface area (Å²) in [6, 6.07) is 3.89. The van der Waals surface area contributed by atoms with Crippen LogP contribution in [-0.4, -0.2) is 58.0 Å². The van der Waals surface area contributed by atoms with Gasteiger partial charge in [0.05, 0.1) is 18.9 Å². The van der Waals surface area contributed by atoms with Gasteiger partial charge < -0.3 is 9.84 Å². The van der Waals surface area contributed by atoms with Crippen LogP contribution in [0, 0.1) is 0 Å². The fourth-order valence-corrected chi connectivity index (χ4v) is 2.34. The van der Waals surface area contributed by atoms with Crippen LogP contribution >= 0.6 is 0 Å². The molecule has 6 nitrogen and oxygen atoms in total. The van der Waals surface area contributed by atoms with Gasteiger partial charge in [0.25, 0.3) is 0 Å². The molecule has 0 bridgehead atoms. The Morgan fingerprint density at radius 3 is 3.39 bits per heavy atom. The lowest BCUT2D eigenvalue weighted by Gasteiger charge is -2.31. The number of aliphatic hydroxyl groups excluding tert-OH is 1. The minimum absolute atomic E-state index is 0.0282. The highest BCUT2D eigenvalue weighted by Crippen LogP contribution is 2.25. The monoisotopic (exact) mass is 248 g/mol. The van der Waals surface area contributed by atoms with E-state index in [4.69, 9.17) is 9.84 Å². The number of ether oxygens (including phenoxy) is 1. The Labute approximate surface area is 105 Å². The molecule has 1 aliphatic heterocycles. The number of nitrogens with one attached hydrogen (secondary N) is 1. The van der Waals surface area contributed by atoms with E-state index in [9.17, 15) is 0 Å². The van der Waals surface area contributed by atoms with Crippen LogP contribution in [0.1, 0.15) is 11.8 Å². The molecular formula is C12H16N4O2. The summed E-state index contributed by atoms with van der Waals surface area (Å²) >= 11 is 0. The predicted octanol–water partition coefficient (Wildman–Crippen LogP) is 0.323. The SMILES string of the molecule is OCCN1CCO[C@H](c2[nH]nc3ncccc23)C1. The average molecular weight is 248 g/mol. The molecule has 3 heterocycles. The second kappa shape index (κ2) is 5.01. The molecule has 1 fully saturated rings. The fourth-order valence-electron chi connectivity index (χ4n) is 2.34. The number of morpholine rings is 1. The van der Waals surface area contributed by atoms with Gasteiger partial charge in [0.1, 0.15) is 6.10 Å². The minimum atomic E-state index is -0.0282. The summed E-state index contributed by atoms with van der Waals surface area (Å²) in [5.74, 6) is 0. The van der Waals surface area contributed by atoms with Crippen molar-refractivity contribution in [3.63, 3.8) is 0 Å². The normalized spacial score (nSPS) is 21.5. The average Bonchev–Trinajstić information content (AvgIpc) is 2.83. The number of fused-ring (bicyclic) bond motifs is 1. The molecule has 96 valence electrons. The van der Waals surface area contributed by atoms with Crippen molar-refractivity contribution >= 4 is 11.0 Å². The third-order valence-corrected chi connectivity index (χ3v) is 3.25. The summed E-state index contributed by atoms with van der Waals surface area (Å²) in [6.07, 6.45) is 1.70. The first kappa shape index (κ1) is 11.6. The van der Waals surface area contributed by atoms with Crippen LogP contribution in [-0.2, 0) is 4.74 Å². The van der Waals surface area contributed by atoms with E-state index < -0.39 is 0 Å². The van der Waals surface area contributed by atoms with Gasteiger partial charge in [0.15, 0.2) is 5.65 Å². The van der Waals surface area contributed by atoms with Crippen LogP contribution in [0.4, 0.5) is 0 Å². The summed E-state index contributed by atoms with van der Waals surface area (Å²) in [7, 11) is 0. The molecular weight excluding hydrogens is 232 g/mol. The number of aromatic amines is 1. The highest BCUT2D eigenvalue weighted by molar-refractivity contribution is 5.77. The van der Waals surface area contributed by atoms with Crippen molar-refractivity contribution in [3.8, 4) is 0 Å². The number of nitrogens with zero attached hydrogens (tertiary/aromatic N) is 3. The smallest absolute Gasteiger partial charge is 0.181 e. The zero-order valence-electron chi connectivity index (χ0n) is 10.0. The summed E-state index contributed by atoms with van der Waals surface area (Å²) < 4.78 is 5.78. The van der Waals surface area contributed by atoms with Crippen molar-refractivity contribution < 1.29 is 9.84 Å².